The van der Waals surface area contributed by atoms with Gasteiger partial charge in [-0.1, -0.05) is 23.2 Å². The molecule has 0 spiro atoms. The molecule has 0 bridgehead atoms. The highest BCUT2D eigenvalue weighted by Crippen LogP contribution is 2.26. The molecule has 4 rings (SSSR count). The average Bonchev–Trinajstić information content (AvgIpc) is 3.20. The smallest absolute Gasteiger partial charge is 0.256 e. The minimum absolute atomic E-state index is 0.0478. The summed E-state index contributed by atoms with van der Waals surface area (Å²) in [6, 6.07) is 11.3. The number of carbonyl (C=O) groups excluding carboxylic acids is 3. The number of benzene rings is 2. The average molecular weight is 505 g/mol. The monoisotopic (exact) mass is 504 g/mol. The summed E-state index contributed by atoms with van der Waals surface area (Å²) in [5.74, 6) is -0.631. The molecule has 0 aromatic heterocycles. The molecule has 2 aromatic rings. The summed E-state index contributed by atoms with van der Waals surface area (Å²) in [5.41, 5.74) is 1.26. The van der Waals surface area contributed by atoms with Crippen molar-refractivity contribution < 1.29 is 19.5 Å². The molecule has 2 fully saturated rings. The number of halogens is 2. The Labute approximate surface area is 208 Å². The van der Waals surface area contributed by atoms with Crippen LogP contribution in [0, 0.1) is 0 Å². The van der Waals surface area contributed by atoms with Crippen LogP contribution in [0.5, 0.6) is 0 Å². The topological polar surface area (TPSA) is 93.2 Å². The van der Waals surface area contributed by atoms with E-state index in [4.69, 9.17) is 23.2 Å². The SMILES string of the molecule is CC(=O)Nc1cc(Cl)ccc1C(=O)N1CC(O)C(N2CCN(C(=O)c3ccc(Cl)cc3)CC2)C1. The molecule has 180 valence electrons. The van der Waals surface area contributed by atoms with Crippen LogP contribution in [-0.4, -0.2) is 88.9 Å². The van der Waals surface area contributed by atoms with E-state index in [-0.39, 0.29) is 30.3 Å². The van der Waals surface area contributed by atoms with Gasteiger partial charge in [0, 0.05) is 61.8 Å². The van der Waals surface area contributed by atoms with E-state index >= 15 is 0 Å². The summed E-state index contributed by atoms with van der Waals surface area (Å²) in [5, 5.41) is 14.4. The fourth-order valence-electron chi connectivity index (χ4n) is 4.49. The van der Waals surface area contributed by atoms with Gasteiger partial charge in [0.05, 0.1) is 23.4 Å². The number of likely N-dealkylation sites (tertiary alicyclic amines) is 1. The highest BCUT2D eigenvalue weighted by atomic mass is 35.5. The van der Waals surface area contributed by atoms with Crippen molar-refractivity contribution in [1.82, 2.24) is 14.7 Å². The summed E-state index contributed by atoms with van der Waals surface area (Å²) in [6.45, 7) is 4.16. The molecule has 34 heavy (non-hydrogen) atoms. The minimum atomic E-state index is -0.709. The van der Waals surface area contributed by atoms with E-state index < -0.39 is 6.10 Å². The van der Waals surface area contributed by atoms with Crippen molar-refractivity contribution in [2.45, 2.75) is 19.1 Å². The third-order valence-electron chi connectivity index (χ3n) is 6.23. The maximum atomic E-state index is 13.2. The number of rotatable bonds is 4. The number of β-amino-alcohol motifs (C(OH)–C–C–N with tert-alkyl or cyclic N) is 1. The highest BCUT2D eigenvalue weighted by Gasteiger charge is 2.39. The first-order chi connectivity index (χ1) is 16.2. The minimum Gasteiger partial charge on any atom is -0.390 e. The van der Waals surface area contributed by atoms with E-state index in [1.54, 1.807) is 46.2 Å². The van der Waals surface area contributed by atoms with Crippen LogP contribution in [0.1, 0.15) is 27.6 Å². The lowest BCUT2D eigenvalue weighted by Crippen LogP contribution is -2.54. The number of nitrogens with zero attached hydrogens (tertiary/aromatic N) is 3. The lowest BCUT2D eigenvalue weighted by atomic mass is 10.1. The second kappa shape index (κ2) is 10.3. The van der Waals surface area contributed by atoms with Gasteiger partial charge in [0.25, 0.3) is 11.8 Å². The number of nitrogens with one attached hydrogen (secondary N) is 1. The number of amides is 3. The van der Waals surface area contributed by atoms with Gasteiger partial charge in [0.2, 0.25) is 5.91 Å². The van der Waals surface area contributed by atoms with E-state index in [2.05, 4.69) is 10.2 Å². The van der Waals surface area contributed by atoms with Gasteiger partial charge in [-0.2, -0.15) is 0 Å². The molecule has 2 aliphatic rings. The van der Waals surface area contributed by atoms with Crippen molar-refractivity contribution in [3.8, 4) is 0 Å². The molecule has 2 aromatic carbocycles. The molecular formula is C24H26Cl2N4O4. The molecule has 10 heteroatoms. The van der Waals surface area contributed by atoms with Crippen LogP contribution < -0.4 is 5.32 Å². The fraction of sp³-hybridized carbons (Fsp3) is 0.375. The van der Waals surface area contributed by atoms with Crippen molar-refractivity contribution in [2.75, 3.05) is 44.6 Å². The van der Waals surface area contributed by atoms with E-state index in [1.807, 2.05) is 0 Å². The molecule has 0 aliphatic carbocycles. The summed E-state index contributed by atoms with van der Waals surface area (Å²) in [4.78, 5) is 43.0. The largest absolute Gasteiger partial charge is 0.390 e. The Hall–Kier alpha value is -2.65. The van der Waals surface area contributed by atoms with Crippen molar-refractivity contribution in [3.05, 3.63) is 63.6 Å². The fourth-order valence-corrected chi connectivity index (χ4v) is 4.79. The van der Waals surface area contributed by atoms with Crippen molar-refractivity contribution in [1.29, 1.82) is 0 Å². The maximum absolute atomic E-state index is 13.2. The van der Waals surface area contributed by atoms with Crippen LogP contribution in [0.25, 0.3) is 0 Å². The standard InChI is InChI=1S/C24H26Cl2N4O4/c1-15(31)27-20-12-18(26)6-7-19(20)24(34)30-13-21(22(32)14-30)28-8-10-29(11-9-28)23(33)16-2-4-17(25)5-3-16/h2-7,12,21-22,32H,8-11,13-14H2,1H3,(H,27,31). The number of aliphatic hydroxyl groups excluding tert-OH is 1. The molecule has 8 nitrogen and oxygen atoms in total. The Morgan fingerprint density at radius 1 is 0.882 bits per heavy atom. The van der Waals surface area contributed by atoms with Crippen LogP contribution in [0.2, 0.25) is 10.0 Å². The van der Waals surface area contributed by atoms with Crippen molar-refractivity contribution in [3.63, 3.8) is 0 Å². The molecule has 0 radical (unpaired) electrons. The predicted octanol–water partition coefficient (Wildman–Crippen LogP) is 2.60. The van der Waals surface area contributed by atoms with Gasteiger partial charge >= 0.3 is 0 Å². The third kappa shape index (κ3) is 5.36. The molecular weight excluding hydrogens is 479 g/mol. The van der Waals surface area contributed by atoms with Crippen LogP contribution in [-0.2, 0) is 4.79 Å². The van der Waals surface area contributed by atoms with Crippen LogP contribution in [0.15, 0.2) is 42.5 Å². The molecule has 2 atom stereocenters. The normalized spacial score (nSPS) is 20.9. The summed E-state index contributed by atoms with van der Waals surface area (Å²) >= 11 is 11.9. The van der Waals surface area contributed by atoms with E-state index in [1.165, 1.54) is 13.0 Å². The highest BCUT2D eigenvalue weighted by molar-refractivity contribution is 6.31. The number of piperazine rings is 1. The zero-order valence-electron chi connectivity index (χ0n) is 18.7. The van der Waals surface area contributed by atoms with Crippen LogP contribution in [0.4, 0.5) is 5.69 Å². The van der Waals surface area contributed by atoms with Crippen LogP contribution in [0.3, 0.4) is 0 Å². The Morgan fingerprint density at radius 3 is 2.18 bits per heavy atom. The number of aliphatic hydroxyl groups is 1. The lowest BCUT2D eigenvalue weighted by molar-refractivity contribution is -0.114. The zero-order valence-corrected chi connectivity index (χ0v) is 20.2. The van der Waals surface area contributed by atoms with Crippen LogP contribution >= 0.6 is 23.2 Å². The summed E-state index contributed by atoms with van der Waals surface area (Å²) < 4.78 is 0. The summed E-state index contributed by atoms with van der Waals surface area (Å²) in [6.07, 6.45) is -0.709. The maximum Gasteiger partial charge on any atom is 0.256 e. The molecule has 2 heterocycles. The van der Waals surface area contributed by atoms with Gasteiger partial charge in [-0.15, -0.1) is 0 Å². The number of carbonyl (C=O) groups is 3. The van der Waals surface area contributed by atoms with Gasteiger partial charge in [0.15, 0.2) is 0 Å². The first-order valence-corrected chi connectivity index (χ1v) is 11.8. The second-order valence-corrected chi connectivity index (χ2v) is 9.42. The third-order valence-corrected chi connectivity index (χ3v) is 6.72. The van der Waals surface area contributed by atoms with Gasteiger partial charge in [-0.05, 0) is 42.5 Å². The molecule has 2 aliphatic heterocycles. The quantitative estimate of drug-likeness (QED) is 0.667. The summed E-state index contributed by atoms with van der Waals surface area (Å²) in [7, 11) is 0. The Bertz CT molecular complexity index is 1090. The first-order valence-electron chi connectivity index (χ1n) is 11.1. The molecule has 2 saturated heterocycles. The van der Waals surface area contributed by atoms with Gasteiger partial charge in [-0.25, -0.2) is 0 Å². The number of anilines is 1. The Kier molecular flexibility index (Phi) is 7.42. The van der Waals surface area contributed by atoms with Gasteiger partial charge < -0.3 is 20.2 Å². The Balaban J connectivity index is 1.38. The zero-order chi connectivity index (χ0) is 24.4. The molecule has 3 amide bonds. The van der Waals surface area contributed by atoms with Gasteiger partial charge in [0.1, 0.15) is 0 Å². The first kappa shape index (κ1) is 24.5. The second-order valence-electron chi connectivity index (χ2n) is 8.55. The van der Waals surface area contributed by atoms with Gasteiger partial charge in [-0.3, -0.25) is 19.3 Å². The van der Waals surface area contributed by atoms with E-state index in [9.17, 15) is 19.5 Å². The number of hydrogen-bond donors (Lipinski definition) is 2. The molecule has 0 saturated carbocycles. The molecule has 2 unspecified atom stereocenters. The number of hydrogen-bond acceptors (Lipinski definition) is 5. The van der Waals surface area contributed by atoms with Crippen molar-refractivity contribution in [2.24, 2.45) is 0 Å². The van der Waals surface area contributed by atoms with E-state index in [0.717, 1.165) is 0 Å². The predicted molar refractivity (Wildman–Crippen MR) is 130 cm³/mol. The lowest BCUT2D eigenvalue weighted by Gasteiger charge is -2.38. The van der Waals surface area contributed by atoms with E-state index in [0.29, 0.717) is 59.6 Å². The molecule has 2 N–H and O–H groups in total. The Morgan fingerprint density at radius 2 is 1.53 bits per heavy atom. The van der Waals surface area contributed by atoms with Crippen molar-refractivity contribution >= 4 is 46.6 Å².